The van der Waals surface area contributed by atoms with Crippen molar-refractivity contribution >= 4 is 16.2 Å². The number of carbonyl (C=O) groups is 1. The van der Waals surface area contributed by atoms with Crippen LogP contribution in [0, 0.1) is 0 Å². The van der Waals surface area contributed by atoms with E-state index in [1.54, 1.807) is 0 Å². The third-order valence-corrected chi connectivity index (χ3v) is 3.29. The molecule has 0 spiro atoms. The summed E-state index contributed by atoms with van der Waals surface area (Å²) < 4.78 is 44.2. The molecule has 19 heavy (non-hydrogen) atoms. The monoisotopic (exact) mass is 291 g/mol. The fraction of sp³-hybridized carbons (Fsp3) is 0.364. The normalized spacial score (nSPS) is 12.8. The fourth-order valence-corrected chi connectivity index (χ4v) is 2.21. The first-order valence-corrected chi connectivity index (χ1v) is 6.63. The Morgan fingerprint density at radius 2 is 2.05 bits per heavy atom. The molecule has 1 unspecified atom stereocenters. The van der Waals surface area contributed by atoms with Gasteiger partial charge < -0.3 is 15.2 Å². The second-order valence-corrected chi connectivity index (χ2v) is 5.07. The SMILES string of the molecule is COC(=O)C(N)Cc1ccc(OC)c(S(=O)(=O)F)c1. The Labute approximate surface area is 110 Å². The van der Waals surface area contributed by atoms with Crippen molar-refractivity contribution < 1.29 is 26.6 Å². The van der Waals surface area contributed by atoms with Gasteiger partial charge in [0, 0.05) is 0 Å². The molecule has 0 amide bonds. The average Bonchev–Trinajstić information content (AvgIpc) is 2.36. The number of methoxy groups -OCH3 is 2. The highest BCUT2D eigenvalue weighted by atomic mass is 32.3. The van der Waals surface area contributed by atoms with Gasteiger partial charge in [-0.1, -0.05) is 6.07 Å². The first-order chi connectivity index (χ1) is 8.79. The van der Waals surface area contributed by atoms with Gasteiger partial charge in [-0.3, -0.25) is 4.79 Å². The van der Waals surface area contributed by atoms with Crippen molar-refractivity contribution in [2.75, 3.05) is 14.2 Å². The van der Waals surface area contributed by atoms with E-state index in [2.05, 4.69) is 4.74 Å². The summed E-state index contributed by atoms with van der Waals surface area (Å²) in [6.07, 6.45) is 0.0270. The van der Waals surface area contributed by atoms with Gasteiger partial charge in [-0.15, -0.1) is 3.89 Å². The molecule has 0 aliphatic rings. The molecule has 1 aromatic carbocycles. The minimum atomic E-state index is -4.91. The third-order valence-electron chi connectivity index (χ3n) is 2.45. The Kier molecular flexibility index (Phi) is 4.84. The number of hydrogen-bond donors (Lipinski definition) is 1. The number of carbonyl (C=O) groups excluding carboxylic acids is 1. The predicted octanol–water partition coefficient (Wildman–Crippen LogP) is 0.396. The lowest BCUT2D eigenvalue weighted by Gasteiger charge is -2.11. The number of hydrogen-bond acceptors (Lipinski definition) is 6. The molecule has 1 aromatic rings. The molecule has 0 saturated heterocycles. The van der Waals surface area contributed by atoms with Gasteiger partial charge in [0.05, 0.1) is 14.2 Å². The van der Waals surface area contributed by atoms with E-state index in [0.717, 1.165) is 6.07 Å². The van der Waals surface area contributed by atoms with Crippen molar-refractivity contribution in [1.82, 2.24) is 0 Å². The van der Waals surface area contributed by atoms with Crippen LogP contribution in [-0.4, -0.2) is 34.6 Å². The van der Waals surface area contributed by atoms with Crippen LogP contribution in [0.4, 0.5) is 3.89 Å². The Balaban J connectivity index is 3.09. The smallest absolute Gasteiger partial charge is 0.335 e. The van der Waals surface area contributed by atoms with Gasteiger partial charge >= 0.3 is 16.2 Å². The largest absolute Gasteiger partial charge is 0.495 e. The molecule has 1 atom stereocenters. The van der Waals surface area contributed by atoms with E-state index in [0.29, 0.717) is 5.56 Å². The molecular weight excluding hydrogens is 277 g/mol. The van der Waals surface area contributed by atoms with Crippen molar-refractivity contribution in [2.24, 2.45) is 5.73 Å². The molecular formula is C11H14FNO5S. The van der Waals surface area contributed by atoms with Gasteiger partial charge in [0.15, 0.2) is 0 Å². The lowest BCUT2D eigenvalue weighted by molar-refractivity contribution is -0.142. The van der Waals surface area contributed by atoms with Crippen LogP contribution >= 0.6 is 0 Å². The van der Waals surface area contributed by atoms with E-state index in [1.165, 1.54) is 26.4 Å². The van der Waals surface area contributed by atoms with E-state index in [-0.39, 0.29) is 12.2 Å². The van der Waals surface area contributed by atoms with Crippen molar-refractivity contribution in [3.63, 3.8) is 0 Å². The molecule has 1 rings (SSSR count). The molecule has 8 heteroatoms. The van der Waals surface area contributed by atoms with E-state index < -0.39 is 27.1 Å². The third kappa shape index (κ3) is 3.90. The van der Waals surface area contributed by atoms with Crippen LogP contribution < -0.4 is 10.5 Å². The highest BCUT2D eigenvalue weighted by molar-refractivity contribution is 7.86. The summed E-state index contributed by atoms with van der Waals surface area (Å²) in [6.45, 7) is 0. The number of ether oxygens (including phenoxy) is 2. The molecule has 0 fully saturated rings. The summed E-state index contributed by atoms with van der Waals surface area (Å²) in [7, 11) is -2.50. The standard InChI is InChI=1S/C11H14FNO5S/c1-17-9-4-3-7(5-8(13)11(14)18-2)6-10(9)19(12,15)16/h3-4,6,8H,5,13H2,1-2H3. The molecule has 0 radical (unpaired) electrons. The van der Waals surface area contributed by atoms with E-state index >= 15 is 0 Å². The van der Waals surface area contributed by atoms with E-state index in [1.807, 2.05) is 0 Å². The number of nitrogens with two attached hydrogens (primary N) is 1. The van der Waals surface area contributed by atoms with Gasteiger partial charge in [0.1, 0.15) is 16.7 Å². The van der Waals surface area contributed by atoms with Crippen LogP contribution in [0.3, 0.4) is 0 Å². The molecule has 0 aliphatic carbocycles. The quantitative estimate of drug-likeness (QED) is 0.623. The van der Waals surface area contributed by atoms with Gasteiger partial charge in [-0.2, -0.15) is 8.42 Å². The number of esters is 1. The van der Waals surface area contributed by atoms with Crippen molar-refractivity contribution in [3.05, 3.63) is 23.8 Å². The van der Waals surface area contributed by atoms with E-state index in [4.69, 9.17) is 10.5 Å². The highest BCUT2D eigenvalue weighted by Gasteiger charge is 2.21. The molecule has 0 bridgehead atoms. The van der Waals surface area contributed by atoms with E-state index in [9.17, 15) is 17.1 Å². The first kappa shape index (κ1) is 15.4. The fourth-order valence-electron chi connectivity index (χ4n) is 1.53. The molecule has 0 heterocycles. The van der Waals surface area contributed by atoms with Crippen molar-refractivity contribution in [3.8, 4) is 5.75 Å². The van der Waals surface area contributed by atoms with Crippen LogP contribution in [0.5, 0.6) is 5.75 Å². The summed E-state index contributed by atoms with van der Waals surface area (Å²) in [6, 6.07) is 2.92. The summed E-state index contributed by atoms with van der Waals surface area (Å²) in [4.78, 5) is 10.6. The lowest BCUT2D eigenvalue weighted by Crippen LogP contribution is -2.33. The van der Waals surface area contributed by atoms with Crippen LogP contribution in [0.25, 0.3) is 0 Å². The van der Waals surface area contributed by atoms with Gasteiger partial charge in [-0.05, 0) is 24.1 Å². The Morgan fingerprint density at radius 1 is 1.42 bits per heavy atom. The number of halogens is 1. The lowest BCUT2D eigenvalue weighted by atomic mass is 10.1. The van der Waals surface area contributed by atoms with Crippen molar-refractivity contribution in [2.45, 2.75) is 17.4 Å². The predicted molar refractivity (Wildman–Crippen MR) is 65.0 cm³/mol. The van der Waals surface area contributed by atoms with Gasteiger partial charge in [0.2, 0.25) is 0 Å². The summed E-state index contributed by atoms with van der Waals surface area (Å²) >= 11 is 0. The second kappa shape index (κ2) is 5.98. The molecule has 0 saturated carbocycles. The number of benzene rings is 1. The van der Waals surface area contributed by atoms with Gasteiger partial charge in [0.25, 0.3) is 0 Å². The molecule has 2 N–H and O–H groups in total. The maximum absolute atomic E-state index is 13.1. The van der Waals surface area contributed by atoms with Crippen molar-refractivity contribution in [1.29, 1.82) is 0 Å². The maximum atomic E-state index is 13.1. The molecule has 0 aromatic heterocycles. The topological polar surface area (TPSA) is 95.7 Å². The minimum absolute atomic E-state index is 0.0270. The zero-order valence-corrected chi connectivity index (χ0v) is 11.2. The van der Waals surface area contributed by atoms with Crippen LogP contribution in [0.1, 0.15) is 5.56 Å². The minimum Gasteiger partial charge on any atom is -0.495 e. The summed E-state index contributed by atoms with van der Waals surface area (Å²) in [5.74, 6) is -0.752. The molecule has 106 valence electrons. The van der Waals surface area contributed by atoms with Crippen LogP contribution in [0.15, 0.2) is 23.1 Å². The van der Waals surface area contributed by atoms with Crippen LogP contribution in [0.2, 0.25) is 0 Å². The zero-order chi connectivity index (χ0) is 14.6. The summed E-state index contributed by atoms with van der Waals surface area (Å²) in [5.41, 5.74) is 5.92. The second-order valence-electron chi connectivity index (χ2n) is 3.76. The van der Waals surface area contributed by atoms with Gasteiger partial charge in [-0.25, -0.2) is 0 Å². The molecule has 0 aliphatic heterocycles. The number of rotatable bonds is 5. The van der Waals surface area contributed by atoms with Crippen LogP contribution in [-0.2, 0) is 26.2 Å². The average molecular weight is 291 g/mol. The maximum Gasteiger partial charge on any atom is 0.335 e. The summed E-state index contributed by atoms with van der Waals surface area (Å²) in [5, 5.41) is 0. The zero-order valence-electron chi connectivity index (χ0n) is 10.4. The molecule has 6 nitrogen and oxygen atoms in total. The highest BCUT2D eigenvalue weighted by Crippen LogP contribution is 2.26. The Morgan fingerprint density at radius 3 is 2.53 bits per heavy atom. The Hall–Kier alpha value is -1.67. The Bertz CT molecular complexity index is 572. The first-order valence-electron chi connectivity index (χ1n) is 5.24.